The van der Waals surface area contributed by atoms with E-state index in [1.165, 1.54) is 6.07 Å². The second-order valence-electron chi connectivity index (χ2n) is 7.16. The van der Waals surface area contributed by atoms with Crippen molar-refractivity contribution >= 4 is 22.6 Å². The number of pyridine rings is 2. The van der Waals surface area contributed by atoms with Crippen LogP contribution in [0.15, 0.2) is 59.5 Å². The van der Waals surface area contributed by atoms with Gasteiger partial charge in [0, 0.05) is 42.7 Å². The molecule has 0 unspecified atom stereocenters. The first kappa shape index (κ1) is 17.3. The van der Waals surface area contributed by atoms with E-state index in [9.17, 15) is 9.59 Å². The molecule has 6 heteroatoms. The molecular formula is C21H22N4O2. The number of carbonyl (C=O) groups is 1. The summed E-state index contributed by atoms with van der Waals surface area (Å²) >= 11 is 0. The lowest BCUT2D eigenvalue weighted by atomic mass is 9.66. The number of fused-ring (bicyclic) bond motifs is 1. The van der Waals surface area contributed by atoms with Gasteiger partial charge in [-0.1, -0.05) is 18.6 Å². The van der Waals surface area contributed by atoms with Crippen molar-refractivity contribution in [3.8, 4) is 0 Å². The zero-order valence-corrected chi connectivity index (χ0v) is 15.2. The Morgan fingerprint density at radius 1 is 1.19 bits per heavy atom. The number of rotatable bonds is 4. The molecule has 0 aliphatic heterocycles. The lowest BCUT2D eigenvalue weighted by Crippen LogP contribution is -2.47. The molecule has 138 valence electrons. The molecule has 2 N–H and O–H groups in total. The maximum atomic E-state index is 12.4. The molecule has 0 radical (unpaired) electrons. The van der Waals surface area contributed by atoms with Crippen LogP contribution in [0.3, 0.4) is 0 Å². The first-order chi connectivity index (χ1) is 13.1. The Kier molecular flexibility index (Phi) is 4.39. The largest absolute Gasteiger partial charge is 0.337 e. The molecule has 1 aromatic carbocycles. The number of aryl methyl sites for hydroxylation is 1. The number of aromatic nitrogens is 2. The van der Waals surface area contributed by atoms with Crippen molar-refractivity contribution in [2.45, 2.75) is 24.7 Å². The van der Waals surface area contributed by atoms with Crippen LogP contribution in [0, 0.1) is 0 Å². The predicted molar refractivity (Wildman–Crippen MR) is 106 cm³/mol. The van der Waals surface area contributed by atoms with Gasteiger partial charge in [-0.15, -0.1) is 0 Å². The zero-order valence-electron chi connectivity index (χ0n) is 15.2. The third-order valence-electron chi connectivity index (χ3n) is 5.49. The Morgan fingerprint density at radius 2 is 2.00 bits per heavy atom. The summed E-state index contributed by atoms with van der Waals surface area (Å²) < 4.78 is 1.57. The first-order valence-corrected chi connectivity index (χ1v) is 9.14. The fraction of sp³-hybridized carbons (Fsp3) is 0.286. The highest BCUT2D eigenvalue weighted by Gasteiger charge is 2.40. The second-order valence-corrected chi connectivity index (χ2v) is 7.16. The lowest BCUT2D eigenvalue weighted by Gasteiger charge is -2.41. The quantitative estimate of drug-likeness (QED) is 0.748. The number of hydrogen-bond acceptors (Lipinski definition) is 3. The monoisotopic (exact) mass is 362 g/mol. The average molecular weight is 362 g/mol. The molecule has 6 nitrogen and oxygen atoms in total. The SMILES string of the molecule is Cn1c(=O)ccc2ccc(NC(=O)NCC3(c4ccccn4)CCC3)cc21. The van der Waals surface area contributed by atoms with E-state index in [1.54, 1.807) is 23.9 Å². The Hall–Kier alpha value is -3.15. The Labute approximate surface area is 157 Å². The molecule has 1 aliphatic rings. The van der Waals surface area contributed by atoms with Crippen LogP contribution in [0.25, 0.3) is 10.9 Å². The standard InChI is InChI=1S/C21H22N4O2/c1-25-17-13-16(8-6-15(17)7-9-19(25)26)24-20(27)23-14-21(10-4-11-21)18-5-2-3-12-22-18/h2-3,5-9,12-13H,4,10-11,14H2,1H3,(H2,23,24,27). The lowest BCUT2D eigenvalue weighted by molar-refractivity contribution is 0.218. The van der Waals surface area contributed by atoms with E-state index < -0.39 is 0 Å². The van der Waals surface area contributed by atoms with Crippen molar-refractivity contribution in [2.75, 3.05) is 11.9 Å². The number of hydrogen-bond donors (Lipinski definition) is 2. The zero-order chi connectivity index (χ0) is 18.9. The molecule has 1 saturated carbocycles. The highest BCUT2D eigenvalue weighted by Crippen LogP contribution is 2.42. The smallest absolute Gasteiger partial charge is 0.319 e. The van der Waals surface area contributed by atoms with Crippen molar-refractivity contribution in [1.82, 2.24) is 14.9 Å². The highest BCUT2D eigenvalue weighted by atomic mass is 16.2. The maximum absolute atomic E-state index is 12.4. The van der Waals surface area contributed by atoms with E-state index in [4.69, 9.17) is 0 Å². The third-order valence-corrected chi connectivity index (χ3v) is 5.49. The number of amides is 2. The molecule has 0 bridgehead atoms. The van der Waals surface area contributed by atoms with Gasteiger partial charge < -0.3 is 15.2 Å². The summed E-state index contributed by atoms with van der Waals surface area (Å²) in [7, 11) is 1.72. The highest BCUT2D eigenvalue weighted by molar-refractivity contribution is 5.92. The van der Waals surface area contributed by atoms with Crippen LogP contribution in [0.2, 0.25) is 0 Å². The van der Waals surface area contributed by atoms with Gasteiger partial charge in [-0.3, -0.25) is 9.78 Å². The van der Waals surface area contributed by atoms with Crippen molar-refractivity contribution in [3.63, 3.8) is 0 Å². The van der Waals surface area contributed by atoms with Gasteiger partial charge in [0.25, 0.3) is 5.56 Å². The number of carbonyl (C=O) groups excluding carboxylic acids is 1. The molecule has 3 aromatic rings. The summed E-state index contributed by atoms with van der Waals surface area (Å²) in [5, 5.41) is 6.81. The predicted octanol–water partition coefficient (Wildman–Crippen LogP) is 3.18. The number of nitrogens with zero attached hydrogens (tertiary/aromatic N) is 2. The summed E-state index contributed by atoms with van der Waals surface area (Å²) in [5.74, 6) is 0. The molecule has 1 fully saturated rings. The maximum Gasteiger partial charge on any atom is 0.319 e. The molecular weight excluding hydrogens is 340 g/mol. The van der Waals surface area contributed by atoms with Gasteiger partial charge in [-0.05, 0) is 48.6 Å². The van der Waals surface area contributed by atoms with E-state index in [1.807, 2.05) is 36.4 Å². The van der Waals surface area contributed by atoms with E-state index in [-0.39, 0.29) is 17.0 Å². The summed E-state index contributed by atoms with van der Waals surface area (Å²) in [4.78, 5) is 28.7. The molecule has 2 heterocycles. The summed E-state index contributed by atoms with van der Waals surface area (Å²) in [6, 6.07) is 14.5. The van der Waals surface area contributed by atoms with Gasteiger partial charge in [-0.25, -0.2) is 4.79 Å². The Balaban J connectivity index is 1.46. The minimum Gasteiger partial charge on any atom is -0.337 e. The van der Waals surface area contributed by atoms with E-state index in [0.717, 1.165) is 35.9 Å². The van der Waals surface area contributed by atoms with Crippen LogP contribution >= 0.6 is 0 Å². The van der Waals surface area contributed by atoms with Gasteiger partial charge in [0.15, 0.2) is 0 Å². The van der Waals surface area contributed by atoms with Crippen molar-refractivity contribution in [1.29, 1.82) is 0 Å². The molecule has 0 atom stereocenters. The number of nitrogens with one attached hydrogen (secondary N) is 2. The van der Waals surface area contributed by atoms with Gasteiger partial charge in [0.2, 0.25) is 0 Å². The van der Waals surface area contributed by atoms with Crippen LogP contribution in [-0.2, 0) is 12.5 Å². The number of urea groups is 1. The van der Waals surface area contributed by atoms with Gasteiger partial charge >= 0.3 is 6.03 Å². The fourth-order valence-electron chi connectivity index (χ4n) is 3.67. The fourth-order valence-corrected chi connectivity index (χ4v) is 3.67. The molecule has 2 aromatic heterocycles. The van der Waals surface area contributed by atoms with Crippen molar-refractivity contribution in [2.24, 2.45) is 7.05 Å². The number of benzene rings is 1. The topological polar surface area (TPSA) is 76.0 Å². The van der Waals surface area contributed by atoms with E-state index >= 15 is 0 Å². The van der Waals surface area contributed by atoms with Gasteiger partial charge in [0.05, 0.1) is 5.52 Å². The minimum atomic E-state index is -0.252. The van der Waals surface area contributed by atoms with Crippen LogP contribution in [0.1, 0.15) is 25.0 Å². The van der Waals surface area contributed by atoms with Crippen LogP contribution in [0.4, 0.5) is 10.5 Å². The van der Waals surface area contributed by atoms with Crippen LogP contribution in [-0.4, -0.2) is 22.1 Å². The molecule has 2 amide bonds. The van der Waals surface area contributed by atoms with Crippen LogP contribution < -0.4 is 16.2 Å². The normalized spacial score (nSPS) is 15.1. The van der Waals surface area contributed by atoms with Crippen molar-refractivity contribution in [3.05, 3.63) is 70.8 Å². The Bertz CT molecular complexity index is 1040. The third kappa shape index (κ3) is 3.30. The van der Waals surface area contributed by atoms with Crippen molar-refractivity contribution < 1.29 is 4.79 Å². The number of anilines is 1. The molecule has 0 saturated heterocycles. The minimum absolute atomic E-state index is 0.0636. The van der Waals surface area contributed by atoms with E-state index in [2.05, 4.69) is 15.6 Å². The molecule has 0 spiro atoms. The van der Waals surface area contributed by atoms with Gasteiger partial charge in [0.1, 0.15) is 0 Å². The molecule has 27 heavy (non-hydrogen) atoms. The Morgan fingerprint density at radius 3 is 2.70 bits per heavy atom. The summed E-state index contributed by atoms with van der Waals surface area (Å²) in [6.45, 7) is 0.557. The molecule has 4 rings (SSSR count). The van der Waals surface area contributed by atoms with Gasteiger partial charge in [-0.2, -0.15) is 0 Å². The molecule has 1 aliphatic carbocycles. The first-order valence-electron chi connectivity index (χ1n) is 9.14. The second kappa shape index (κ2) is 6.87. The summed E-state index contributed by atoms with van der Waals surface area (Å²) in [6.07, 6.45) is 5.01. The van der Waals surface area contributed by atoms with E-state index in [0.29, 0.717) is 12.2 Å². The van der Waals surface area contributed by atoms with Crippen LogP contribution in [0.5, 0.6) is 0 Å². The summed E-state index contributed by atoms with van der Waals surface area (Å²) in [5.41, 5.74) is 2.33. The average Bonchev–Trinajstić information content (AvgIpc) is 2.65.